The van der Waals surface area contributed by atoms with Crippen LogP contribution < -0.4 is 21.3 Å². The fourth-order valence-corrected chi connectivity index (χ4v) is 5.58. The Bertz CT molecular complexity index is 1620. The first kappa shape index (κ1) is 35.8. The summed E-state index contributed by atoms with van der Waals surface area (Å²) in [6.07, 6.45) is -1.17. The number of hydrogen-bond donors (Lipinski definition) is 5. The van der Waals surface area contributed by atoms with Crippen LogP contribution in [0.4, 0.5) is 0 Å². The molecule has 4 rings (SSSR count). The number of nitrogens with zero attached hydrogens (tertiary/aromatic N) is 3. The quantitative estimate of drug-likeness (QED) is 0.250. The molecule has 13 heteroatoms. The van der Waals surface area contributed by atoms with Gasteiger partial charge in [-0.15, -0.1) is 0 Å². The number of aryl methyl sites for hydroxylation is 2. The average molecular weight is 660 g/mol. The van der Waals surface area contributed by atoms with Gasteiger partial charge in [0.25, 0.3) is 5.91 Å². The van der Waals surface area contributed by atoms with Crippen LogP contribution in [-0.2, 0) is 32.1 Å². The molecule has 4 atom stereocenters. The fourth-order valence-electron chi connectivity index (χ4n) is 5.58. The summed E-state index contributed by atoms with van der Waals surface area (Å²) in [5.41, 5.74) is 3.78. The minimum Gasteiger partial charge on any atom is -0.391 e. The van der Waals surface area contributed by atoms with E-state index >= 15 is 0 Å². The molecule has 0 bridgehead atoms. The Kier molecular flexibility index (Phi) is 12.1. The maximum atomic E-state index is 13.8. The zero-order chi connectivity index (χ0) is 35.0. The molecule has 0 saturated carbocycles. The Morgan fingerprint density at radius 2 is 1.58 bits per heavy atom. The second kappa shape index (κ2) is 16.2. The Hall–Kier alpha value is -5.04. The average Bonchev–Trinajstić information content (AvgIpc) is 3.36. The molecule has 1 aliphatic rings. The zero-order valence-electron chi connectivity index (χ0n) is 28.0. The van der Waals surface area contributed by atoms with E-state index in [1.54, 1.807) is 56.3 Å². The number of aliphatic hydroxyl groups is 1. The summed E-state index contributed by atoms with van der Waals surface area (Å²) in [5.74, 6) is -3.35. The molecule has 0 aliphatic carbocycles. The Morgan fingerprint density at radius 3 is 2.23 bits per heavy atom. The van der Waals surface area contributed by atoms with Crippen LogP contribution in [0.3, 0.4) is 0 Å². The normalized spacial score (nSPS) is 20.6. The van der Waals surface area contributed by atoms with Crippen LogP contribution >= 0.6 is 0 Å². The standard InChI is InChI=1S/C35H45N7O6/c1-21(2)30-34(47)37-28(18-25-10-7-6-8-11-25)32(45)39-31(24(5)43)33(46)36-14-15-41(20-29(44)38-30)35(48)27-13-9-12-26(17-27)19-42-23(4)16-22(3)40-42/h6-13,16-17,21,24,28,30-31,43H,14-15,18-20H2,1-5H3,(H,36,46)(H,37,47)(H,38,44)(H,39,45)/t24-,28+,30-,31+/m1/s1. The molecule has 1 aliphatic heterocycles. The summed E-state index contributed by atoms with van der Waals surface area (Å²) >= 11 is 0. The van der Waals surface area contributed by atoms with Crippen molar-refractivity contribution in [1.29, 1.82) is 0 Å². The third-order valence-corrected chi connectivity index (χ3v) is 8.16. The highest BCUT2D eigenvalue weighted by Gasteiger charge is 2.33. The van der Waals surface area contributed by atoms with E-state index in [-0.39, 0.29) is 25.4 Å². The van der Waals surface area contributed by atoms with Gasteiger partial charge >= 0.3 is 0 Å². The molecule has 0 unspecified atom stereocenters. The minimum atomic E-state index is -1.34. The molecule has 2 heterocycles. The molecule has 0 radical (unpaired) electrons. The minimum absolute atomic E-state index is 0.0602. The molecule has 13 nitrogen and oxygen atoms in total. The van der Waals surface area contributed by atoms with Crippen molar-refractivity contribution in [2.45, 2.75) is 71.8 Å². The van der Waals surface area contributed by atoms with Gasteiger partial charge in [0.15, 0.2) is 0 Å². The third kappa shape index (κ3) is 9.50. The molecule has 1 saturated heterocycles. The molecule has 5 N–H and O–H groups in total. The maximum absolute atomic E-state index is 13.8. The van der Waals surface area contributed by atoms with E-state index in [1.807, 2.05) is 36.7 Å². The van der Waals surface area contributed by atoms with Gasteiger partial charge in [0, 0.05) is 30.8 Å². The van der Waals surface area contributed by atoms with E-state index in [9.17, 15) is 29.1 Å². The Labute approximate surface area is 280 Å². The summed E-state index contributed by atoms with van der Waals surface area (Å²) in [7, 11) is 0. The number of benzene rings is 2. The van der Waals surface area contributed by atoms with Crippen molar-refractivity contribution in [3.63, 3.8) is 0 Å². The Morgan fingerprint density at radius 1 is 0.875 bits per heavy atom. The van der Waals surface area contributed by atoms with Crippen molar-refractivity contribution in [1.82, 2.24) is 35.9 Å². The predicted molar refractivity (Wildman–Crippen MR) is 179 cm³/mol. The second-order valence-corrected chi connectivity index (χ2v) is 12.6. The van der Waals surface area contributed by atoms with E-state index < -0.39 is 60.3 Å². The predicted octanol–water partition coefficient (Wildman–Crippen LogP) is 0.854. The number of aliphatic hydroxyl groups excluding tert-OH is 1. The highest BCUT2D eigenvalue weighted by Crippen LogP contribution is 2.13. The lowest BCUT2D eigenvalue weighted by Gasteiger charge is -2.27. The number of hydrogen-bond acceptors (Lipinski definition) is 7. The van der Waals surface area contributed by atoms with Crippen LogP contribution in [0.1, 0.15) is 53.6 Å². The summed E-state index contributed by atoms with van der Waals surface area (Å²) in [4.78, 5) is 68.9. The first-order valence-electron chi connectivity index (χ1n) is 16.1. The summed E-state index contributed by atoms with van der Waals surface area (Å²) in [6, 6.07) is 14.5. The molecule has 5 amide bonds. The van der Waals surface area contributed by atoms with Crippen LogP contribution in [0.2, 0.25) is 0 Å². The van der Waals surface area contributed by atoms with E-state index in [0.29, 0.717) is 12.1 Å². The van der Waals surface area contributed by atoms with Gasteiger partial charge in [-0.3, -0.25) is 28.7 Å². The maximum Gasteiger partial charge on any atom is 0.254 e. The first-order chi connectivity index (χ1) is 22.8. The smallest absolute Gasteiger partial charge is 0.254 e. The van der Waals surface area contributed by atoms with Crippen molar-refractivity contribution in [3.05, 3.63) is 88.7 Å². The van der Waals surface area contributed by atoms with Crippen LogP contribution in [0.25, 0.3) is 0 Å². The SMILES string of the molecule is Cc1cc(C)n(Cc2cccc(C(=O)N3CCNC(=O)[C@H]([C@@H](C)O)NC(=O)[C@H](Cc4ccccc4)NC(=O)[C@@H](C(C)C)NC(=O)C3)c2)n1. The highest BCUT2D eigenvalue weighted by molar-refractivity contribution is 5.98. The monoisotopic (exact) mass is 659 g/mol. The number of amides is 5. The molecule has 1 aromatic heterocycles. The van der Waals surface area contributed by atoms with Crippen LogP contribution in [0.5, 0.6) is 0 Å². The lowest BCUT2D eigenvalue weighted by Crippen LogP contribution is -2.60. The first-order valence-corrected chi connectivity index (χ1v) is 16.1. The van der Waals surface area contributed by atoms with Crippen molar-refractivity contribution >= 4 is 29.5 Å². The molecule has 256 valence electrons. The molecule has 48 heavy (non-hydrogen) atoms. The number of aromatic nitrogens is 2. The van der Waals surface area contributed by atoms with Crippen LogP contribution in [0.15, 0.2) is 60.7 Å². The number of nitrogens with one attached hydrogen (secondary N) is 4. The molecule has 2 aromatic carbocycles. The van der Waals surface area contributed by atoms with Crippen molar-refractivity contribution in [2.75, 3.05) is 19.6 Å². The fraction of sp³-hybridized carbons (Fsp3) is 0.429. The summed E-state index contributed by atoms with van der Waals surface area (Å²) in [6.45, 7) is 8.67. The zero-order valence-corrected chi connectivity index (χ0v) is 28.0. The molecule has 0 spiro atoms. The van der Waals surface area contributed by atoms with Gasteiger partial charge < -0.3 is 31.3 Å². The molecular formula is C35H45N7O6. The van der Waals surface area contributed by atoms with Gasteiger partial charge in [-0.05, 0) is 56.0 Å². The van der Waals surface area contributed by atoms with E-state index in [0.717, 1.165) is 22.5 Å². The largest absolute Gasteiger partial charge is 0.391 e. The summed E-state index contributed by atoms with van der Waals surface area (Å²) < 4.78 is 1.84. The van der Waals surface area contributed by atoms with Crippen LogP contribution in [0, 0.1) is 19.8 Å². The van der Waals surface area contributed by atoms with Gasteiger partial charge in [0.2, 0.25) is 23.6 Å². The number of rotatable bonds is 7. The Balaban J connectivity index is 1.61. The molecular weight excluding hydrogens is 614 g/mol. The van der Waals surface area contributed by atoms with E-state index in [1.165, 1.54) is 11.8 Å². The number of carbonyl (C=O) groups is 5. The van der Waals surface area contributed by atoms with Gasteiger partial charge in [-0.25, -0.2) is 0 Å². The van der Waals surface area contributed by atoms with Crippen molar-refractivity contribution in [3.8, 4) is 0 Å². The van der Waals surface area contributed by atoms with Gasteiger partial charge in [-0.2, -0.15) is 5.10 Å². The topological polar surface area (TPSA) is 175 Å². The van der Waals surface area contributed by atoms with E-state index in [4.69, 9.17) is 0 Å². The van der Waals surface area contributed by atoms with E-state index in [2.05, 4.69) is 26.4 Å². The van der Waals surface area contributed by atoms with Crippen molar-refractivity contribution < 1.29 is 29.1 Å². The second-order valence-electron chi connectivity index (χ2n) is 12.6. The lowest BCUT2D eigenvalue weighted by molar-refractivity contribution is -0.135. The van der Waals surface area contributed by atoms with Gasteiger partial charge in [0.1, 0.15) is 18.1 Å². The molecule has 3 aromatic rings. The lowest BCUT2D eigenvalue weighted by atomic mass is 10.0. The number of carbonyl (C=O) groups excluding carboxylic acids is 5. The van der Waals surface area contributed by atoms with Crippen LogP contribution in [-0.4, -0.2) is 93.2 Å². The van der Waals surface area contributed by atoms with Gasteiger partial charge in [-0.1, -0.05) is 56.3 Å². The van der Waals surface area contributed by atoms with Gasteiger partial charge in [0.05, 0.1) is 24.9 Å². The van der Waals surface area contributed by atoms with Crippen molar-refractivity contribution in [2.24, 2.45) is 5.92 Å². The molecule has 1 fully saturated rings. The highest BCUT2D eigenvalue weighted by atomic mass is 16.3. The third-order valence-electron chi connectivity index (χ3n) is 8.16. The summed E-state index contributed by atoms with van der Waals surface area (Å²) in [5, 5.41) is 25.7.